The molecule has 0 atom stereocenters. The van der Waals surface area contributed by atoms with Crippen LogP contribution < -0.4 is 0 Å². The number of hydrogen-bond donors (Lipinski definition) is 0. The summed E-state index contributed by atoms with van der Waals surface area (Å²) < 4.78 is 25.5. The van der Waals surface area contributed by atoms with E-state index in [9.17, 15) is 14.7 Å². The van der Waals surface area contributed by atoms with Gasteiger partial charge in [0.1, 0.15) is 0 Å². The van der Waals surface area contributed by atoms with Gasteiger partial charge in [-0.25, -0.2) is 8.54 Å². The highest BCUT2D eigenvalue weighted by Crippen LogP contribution is 2.52. The summed E-state index contributed by atoms with van der Waals surface area (Å²) in [5.41, 5.74) is -0.0315. The average molecular weight is 279 g/mol. The molecule has 0 amide bonds. The molecule has 94 valence electrons. The van der Waals surface area contributed by atoms with Gasteiger partial charge in [-0.1, -0.05) is 0 Å². The fraction of sp³-hybridized carbons (Fsp3) is 0.250. The summed E-state index contributed by atoms with van der Waals surface area (Å²) in [6, 6.07) is 5.57. The minimum atomic E-state index is -3.55. The number of hydrogen-bond acceptors (Lipinski definition) is 7. The van der Waals surface area contributed by atoms with Gasteiger partial charge < -0.3 is 0 Å². The zero-order valence-corrected chi connectivity index (χ0v) is 10.8. The summed E-state index contributed by atoms with van der Waals surface area (Å²) in [5.74, 6) is 0. The summed E-state index contributed by atoms with van der Waals surface area (Å²) >= 11 is 0.761. The van der Waals surface area contributed by atoms with Crippen molar-refractivity contribution in [1.82, 2.24) is 0 Å². The van der Waals surface area contributed by atoms with Crippen molar-refractivity contribution in [3.05, 3.63) is 34.4 Å². The molecule has 0 spiro atoms. The Balaban J connectivity index is 2.64. The van der Waals surface area contributed by atoms with Gasteiger partial charge in [0.25, 0.3) is 5.69 Å². The van der Waals surface area contributed by atoms with Crippen molar-refractivity contribution in [1.29, 1.82) is 0 Å². The van der Waals surface area contributed by atoms with E-state index in [1.165, 1.54) is 38.5 Å². The second-order valence-corrected chi connectivity index (χ2v) is 5.58. The highest BCUT2D eigenvalue weighted by atomic mass is 32.2. The molecule has 17 heavy (non-hydrogen) atoms. The molecule has 0 N–H and O–H groups in total. The molecule has 0 bridgehead atoms. The van der Waals surface area contributed by atoms with Gasteiger partial charge in [-0.2, -0.15) is 0 Å². The minimum Gasteiger partial charge on any atom is -0.290 e. The van der Waals surface area contributed by atoms with Crippen molar-refractivity contribution < 1.29 is 22.5 Å². The lowest BCUT2D eigenvalue weighted by Crippen LogP contribution is -1.89. The molecule has 1 aromatic rings. The third kappa shape index (κ3) is 4.10. The molecule has 1 aromatic carbocycles. The Morgan fingerprint density at radius 3 is 2.18 bits per heavy atom. The summed E-state index contributed by atoms with van der Waals surface area (Å²) in [6.07, 6.45) is 0. The van der Waals surface area contributed by atoms with E-state index < -0.39 is 12.7 Å². The molecule has 0 saturated heterocycles. The first-order valence-electron chi connectivity index (χ1n) is 4.33. The molecule has 1 rings (SSSR count). The Hall–Kier alpha value is -0.920. The van der Waals surface area contributed by atoms with Crippen LogP contribution in [0.15, 0.2) is 29.2 Å². The first kappa shape index (κ1) is 14.1. The third-order valence-corrected chi connectivity index (χ3v) is 4.11. The monoisotopic (exact) mass is 279 g/mol. The number of non-ortho nitro benzene ring substituents is 1. The molecule has 0 aliphatic rings. The number of phosphoric acid groups is 1. The molecule has 0 fully saturated rings. The van der Waals surface area contributed by atoms with Crippen LogP contribution in [0, 0.1) is 10.1 Å². The minimum absolute atomic E-state index is 0.0315. The molecule has 0 unspecified atom stereocenters. The summed E-state index contributed by atoms with van der Waals surface area (Å²) in [7, 11) is -1.16. The summed E-state index contributed by atoms with van der Waals surface area (Å²) in [5, 5.41) is 10.4. The topological polar surface area (TPSA) is 87.9 Å². The van der Waals surface area contributed by atoms with Crippen LogP contribution in [0.4, 0.5) is 5.69 Å². The number of rotatable bonds is 6. The maximum absolute atomic E-state index is 11.5. The Morgan fingerprint density at radius 2 is 1.76 bits per heavy atom. The van der Waals surface area contributed by atoms with Crippen molar-refractivity contribution in [3.8, 4) is 0 Å². The molecule has 0 radical (unpaired) electrons. The normalized spacial score (nSPS) is 11.4. The van der Waals surface area contributed by atoms with Crippen LogP contribution in [0.5, 0.6) is 0 Å². The van der Waals surface area contributed by atoms with Crippen molar-refractivity contribution in [2.24, 2.45) is 0 Å². The third-order valence-electron chi connectivity index (χ3n) is 1.72. The van der Waals surface area contributed by atoms with Gasteiger partial charge >= 0.3 is 7.82 Å². The van der Waals surface area contributed by atoms with Gasteiger partial charge in [-0.15, -0.1) is 0 Å². The molecule has 9 heteroatoms. The van der Waals surface area contributed by atoms with Crippen molar-refractivity contribution in [2.45, 2.75) is 4.90 Å². The van der Waals surface area contributed by atoms with Crippen molar-refractivity contribution in [2.75, 3.05) is 14.2 Å². The SMILES string of the molecule is COP(=O)(OC)OSc1ccc([N+](=O)[O-])cc1. The number of phosphoric ester groups is 1. The number of nitro groups is 1. The predicted octanol–water partition coefficient (Wildman–Crippen LogP) is 3.02. The molecule has 0 aliphatic carbocycles. The zero-order chi connectivity index (χ0) is 12.9. The van der Waals surface area contributed by atoms with Gasteiger partial charge in [0, 0.05) is 43.3 Å². The molecule has 0 saturated carbocycles. The summed E-state index contributed by atoms with van der Waals surface area (Å²) in [4.78, 5) is 10.4. The lowest BCUT2D eigenvalue weighted by atomic mass is 10.3. The van der Waals surface area contributed by atoms with Crippen LogP contribution in [0.3, 0.4) is 0 Å². The summed E-state index contributed by atoms with van der Waals surface area (Å²) in [6.45, 7) is 0. The van der Waals surface area contributed by atoms with Crippen LogP contribution in [0.25, 0.3) is 0 Å². The van der Waals surface area contributed by atoms with Crippen molar-refractivity contribution >= 4 is 25.6 Å². The highest BCUT2D eigenvalue weighted by molar-refractivity contribution is 7.98. The first-order valence-corrected chi connectivity index (χ1v) is 6.53. The molecular weight excluding hydrogens is 269 g/mol. The molecular formula is C8H10NO6PS. The number of nitro benzene ring substituents is 1. The smallest absolute Gasteiger partial charge is 0.290 e. The van der Waals surface area contributed by atoms with E-state index in [0.29, 0.717) is 4.90 Å². The van der Waals surface area contributed by atoms with Crippen LogP contribution in [-0.4, -0.2) is 19.1 Å². The van der Waals surface area contributed by atoms with E-state index in [1.54, 1.807) is 0 Å². The van der Waals surface area contributed by atoms with Gasteiger partial charge in [0.15, 0.2) is 0 Å². The fourth-order valence-corrected chi connectivity index (χ4v) is 2.44. The van der Waals surface area contributed by atoms with E-state index in [0.717, 1.165) is 12.0 Å². The Labute approximate surface area is 102 Å². The average Bonchev–Trinajstić information content (AvgIpc) is 2.36. The lowest BCUT2D eigenvalue weighted by Gasteiger charge is -2.11. The van der Waals surface area contributed by atoms with Gasteiger partial charge in [0.05, 0.1) is 4.92 Å². The number of benzene rings is 1. The Kier molecular flexibility index (Phi) is 5.10. The van der Waals surface area contributed by atoms with E-state index in [2.05, 4.69) is 9.05 Å². The van der Waals surface area contributed by atoms with Crippen LogP contribution in [0.1, 0.15) is 0 Å². The molecule has 0 aliphatic heterocycles. The van der Waals surface area contributed by atoms with E-state index in [1.807, 2.05) is 0 Å². The van der Waals surface area contributed by atoms with Gasteiger partial charge in [-0.3, -0.25) is 19.2 Å². The lowest BCUT2D eigenvalue weighted by molar-refractivity contribution is -0.384. The predicted molar refractivity (Wildman–Crippen MR) is 61.7 cm³/mol. The van der Waals surface area contributed by atoms with Crippen molar-refractivity contribution in [3.63, 3.8) is 0 Å². The second-order valence-electron chi connectivity index (χ2n) is 2.72. The maximum atomic E-state index is 11.5. The highest BCUT2D eigenvalue weighted by Gasteiger charge is 2.23. The molecule has 0 heterocycles. The maximum Gasteiger partial charge on any atom is 0.485 e. The fourth-order valence-electron chi connectivity index (χ4n) is 0.847. The van der Waals surface area contributed by atoms with Gasteiger partial charge in [-0.05, 0) is 12.1 Å². The van der Waals surface area contributed by atoms with E-state index >= 15 is 0 Å². The van der Waals surface area contributed by atoms with Crippen LogP contribution in [0.2, 0.25) is 0 Å². The number of nitrogens with zero attached hydrogens (tertiary/aromatic N) is 1. The van der Waals surface area contributed by atoms with E-state index in [4.69, 9.17) is 3.97 Å². The molecule has 0 aromatic heterocycles. The van der Waals surface area contributed by atoms with Crippen LogP contribution in [-0.2, 0) is 17.6 Å². The largest absolute Gasteiger partial charge is 0.485 e. The van der Waals surface area contributed by atoms with Gasteiger partial charge in [0.2, 0.25) is 0 Å². The zero-order valence-electron chi connectivity index (χ0n) is 9.06. The first-order chi connectivity index (χ1) is 8.00. The molecule has 7 nitrogen and oxygen atoms in total. The Morgan fingerprint density at radius 1 is 1.24 bits per heavy atom. The quantitative estimate of drug-likeness (QED) is 0.342. The second kappa shape index (κ2) is 6.13. The van der Waals surface area contributed by atoms with Crippen LogP contribution >= 0.6 is 19.9 Å². The standard InChI is InChI=1S/C8H10NO6PS/c1-13-16(12,14-2)15-17-8-5-3-7(4-6-8)9(10)11/h3-6H,1-2H3. The Bertz CT molecular complexity index is 428. The van der Waals surface area contributed by atoms with E-state index in [-0.39, 0.29) is 5.69 Å².